The Bertz CT molecular complexity index is 810. The lowest BCUT2D eigenvalue weighted by atomic mass is 10.2. The van der Waals surface area contributed by atoms with Gasteiger partial charge in [-0.3, -0.25) is 9.59 Å². The number of carbonyl (C=O) groups is 2. The van der Waals surface area contributed by atoms with Crippen molar-refractivity contribution in [3.8, 4) is 0 Å². The summed E-state index contributed by atoms with van der Waals surface area (Å²) in [6, 6.07) is 13.1. The van der Waals surface area contributed by atoms with Gasteiger partial charge in [0.15, 0.2) is 0 Å². The lowest BCUT2D eigenvalue weighted by molar-refractivity contribution is -0.118. The van der Waals surface area contributed by atoms with Gasteiger partial charge in [-0.1, -0.05) is 45.7 Å². The van der Waals surface area contributed by atoms with E-state index < -0.39 is 0 Å². The monoisotopic (exact) mass is 420 g/mol. The van der Waals surface area contributed by atoms with E-state index in [4.69, 9.17) is 11.6 Å². The molecule has 2 amide bonds. The molecule has 6 heteroatoms. The van der Waals surface area contributed by atoms with Crippen LogP contribution in [0, 0.1) is 0 Å². The number of nitrogens with one attached hydrogen (secondary N) is 1. The van der Waals surface area contributed by atoms with Crippen molar-refractivity contribution in [1.82, 2.24) is 5.32 Å². The van der Waals surface area contributed by atoms with Crippen LogP contribution in [0.5, 0.6) is 0 Å². The minimum Gasteiger partial charge on any atom is -0.352 e. The summed E-state index contributed by atoms with van der Waals surface area (Å²) in [5.41, 5.74) is 2.65. The highest BCUT2D eigenvalue weighted by Crippen LogP contribution is 2.28. The zero-order chi connectivity index (χ0) is 17.8. The number of hydrogen-bond donors (Lipinski definition) is 1. The molecule has 0 atom stereocenters. The largest absolute Gasteiger partial charge is 0.352 e. The number of carbonyl (C=O) groups excluding carboxylic acids is 2. The van der Waals surface area contributed by atoms with Crippen molar-refractivity contribution in [2.24, 2.45) is 0 Å². The first-order valence-electron chi connectivity index (χ1n) is 8.18. The normalized spacial score (nSPS) is 12.8. The second-order valence-corrected chi connectivity index (χ2v) is 7.23. The van der Waals surface area contributed by atoms with Gasteiger partial charge < -0.3 is 10.2 Å². The third-order valence-corrected chi connectivity index (χ3v) is 5.04. The SMILES string of the molecule is O=C(NCCCC(=O)N1CCc2ccccc21)c1cc(Br)ccc1Cl. The van der Waals surface area contributed by atoms with Crippen molar-refractivity contribution >= 4 is 45.0 Å². The van der Waals surface area contributed by atoms with Gasteiger partial charge in [0.25, 0.3) is 5.91 Å². The number of amides is 2. The fraction of sp³-hybridized carbons (Fsp3) is 0.263. The minimum absolute atomic E-state index is 0.0969. The maximum Gasteiger partial charge on any atom is 0.252 e. The van der Waals surface area contributed by atoms with E-state index in [2.05, 4.69) is 27.3 Å². The summed E-state index contributed by atoms with van der Waals surface area (Å²) in [6.45, 7) is 1.17. The molecule has 1 heterocycles. The van der Waals surface area contributed by atoms with Crippen LogP contribution in [0.4, 0.5) is 5.69 Å². The molecule has 25 heavy (non-hydrogen) atoms. The van der Waals surface area contributed by atoms with E-state index in [-0.39, 0.29) is 11.8 Å². The predicted molar refractivity (Wildman–Crippen MR) is 103 cm³/mol. The van der Waals surface area contributed by atoms with Crippen molar-refractivity contribution in [2.45, 2.75) is 19.3 Å². The molecule has 2 aromatic carbocycles. The number of para-hydroxylation sites is 1. The van der Waals surface area contributed by atoms with Crippen LogP contribution in [-0.2, 0) is 11.2 Å². The molecule has 0 saturated carbocycles. The van der Waals surface area contributed by atoms with E-state index in [0.29, 0.717) is 30.0 Å². The highest BCUT2D eigenvalue weighted by atomic mass is 79.9. The molecule has 1 N–H and O–H groups in total. The third-order valence-electron chi connectivity index (χ3n) is 4.21. The quantitative estimate of drug-likeness (QED) is 0.736. The fourth-order valence-electron chi connectivity index (χ4n) is 2.94. The maximum atomic E-state index is 12.4. The number of nitrogens with zero attached hydrogens (tertiary/aromatic N) is 1. The third kappa shape index (κ3) is 4.22. The fourth-order valence-corrected chi connectivity index (χ4v) is 3.50. The summed E-state index contributed by atoms with van der Waals surface area (Å²) in [5, 5.41) is 3.22. The van der Waals surface area contributed by atoms with Crippen LogP contribution >= 0.6 is 27.5 Å². The molecule has 0 saturated heterocycles. The van der Waals surface area contributed by atoms with Gasteiger partial charge in [-0.2, -0.15) is 0 Å². The summed E-state index contributed by atoms with van der Waals surface area (Å²) in [5.74, 6) is -0.134. The summed E-state index contributed by atoms with van der Waals surface area (Å²) in [6.07, 6.45) is 1.90. The van der Waals surface area contributed by atoms with Gasteiger partial charge in [0.05, 0.1) is 10.6 Å². The summed E-state index contributed by atoms with van der Waals surface area (Å²) >= 11 is 9.37. The van der Waals surface area contributed by atoms with Crippen molar-refractivity contribution < 1.29 is 9.59 Å². The molecular weight excluding hydrogens is 404 g/mol. The number of halogens is 2. The second kappa shape index (κ2) is 8.02. The van der Waals surface area contributed by atoms with Crippen LogP contribution in [0.1, 0.15) is 28.8 Å². The number of benzene rings is 2. The Labute approximate surface area is 160 Å². The molecule has 1 aliphatic heterocycles. The molecule has 4 nitrogen and oxygen atoms in total. The Hall–Kier alpha value is -1.85. The van der Waals surface area contributed by atoms with E-state index in [1.165, 1.54) is 5.56 Å². The first-order valence-corrected chi connectivity index (χ1v) is 9.35. The Morgan fingerprint density at radius 3 is 2.84 bits per heavy atom. The number of anilines is 1. The van der Waals surface area contributed by atoms with E-state index in [1.807, 2.05) is 23.1 Å². The molecule has 130 valence electrons. The van der Waals surface area contributed by atoms with Crippen LogP contribution in [0.15, 0.2) is 46.9 Å². The average molecular weight is 422 g/mol. The van der Waals surface area contributed by atoms with Gasteiger partial charge >= 0.3 is 0 Å². The number of fused-ring (bicyclic) bond motifs is 1. The Kier molecular flexibility index (Phi) is 5.76. The predicted octanol–water partition coefficient (Wildman–Crippen LogP) is 4.20. The smallest absolute Gasteiger partial charge is 0.252 e. The van der Waals surface area contributed by atoms with Gasteiger partial charge in [-0.05, 0) is 42.7 Å². The van der Waals surface area contributed by atoms with Gasteiger partial charge in [0.1, 0.15) is 0 Å². The molecule has 0 aliphatic carbocycles. The summed E-state index contributed by atoms with van der Waals surface area (Å²) in [4.78, 5) is 26.4. The van der Waals surface area contributed by atoms with Gasteiger partial charge in [-0.15, -0.1) is 0 Å². The van der Waals surface area contributed by atoms with Crippen LogP contribution < -0.4 is 10.2 Å². The van der Waals surface area contributed by atoms with Crippen molar-refractivity contribution in [1.29, 1.82) is 0 Å². The molecule has 2 aromatic rings. The van der Waals surface area contributed by atoms with Crippen molar-refractivity contribution in [3.63, 3.8) is 0 Å². The van der Waals surface area contributed by atoms with Crippen LogP contribution in [0.25, 0.3) is 0 Å². The van der Waals surface area contributed by atoms with Crippen molar-refractivity contribution in [3.05, 3.63) is 63.1 Å². The minimum atomic E-state index is -0.231. The molecular formula is C19H18BrClN2O2. The standard InChI is InChI=1S/C19H18BrClN2O2/c20-14-7-8-16(21)15(12-14)19(25)22-10-3-6-18(24)23-11-9-13-4-1-2-5-17(13)23/h1-2,4-5,7-8,12H,3,6,9-11H2,(H,22,25). The van der Waals surface area contributed by atoms with E-state index >= 15 is 0 Å². The molecule has 0 bridgehead atoms. The number of hydrogen-bond acceptors (Lipinski definition) is 2. The average Bonchev–Trinajstić information content (AvgIpc) is 3.04. The molecule has 0 radical (unpaired) electrons. The zero-order valence-electron chi connectivity index (χ0n) is 13.6. The lowest BCUT2D eigenvalue weighted by Gasteiger charge is -2.17. The highest BCUT2D eigenvalue weighted by molar-refractivity contribution is 9.10. The maximum absolute atomic E-state index is 12.4. The van der Waals surface area contributed by atoms with Crippen LogP contribution in [0.2, 0.25) is 5.02 Å². The van der Waals surface area contributed by atoms with E-state index in [1.54, 1.807) is 18.2 Å². The molecule has 0 aromatic heterocycles. The van der Waals surface area contributed by atoms with E-state index in [0.717, 1.165) is 23.1 Å². The second-order valence-electron chi connectivity index (χ2n) is 5.91. The Balaban J connectivity index is 1.48. The molecule has 0 unspecified atom stereocenters. The van der Waals surface area contributed by atoms with Gasteiger partial charge in [0.2, 0.25) is 5.91 Å². The van der Waals surface area contributed by atoms with Gasteiger partial charge in [-0.25, -0.2) is 0 Å². The molecule has 0 spiro atoms. The van der Waals surface area contributed by atoms with Crippen LogP contribution in [-0.4, -0.2) is 24.9 Å². The van der Waals surface area contributed by atoms with Gasteiger partial charge in [0, 0.05) is 29.7 Å². The zero-order valence-corrected chi connectivity index (χ0v) is 15.9. The lowest BCUT2D eigenvalue weighted by Crippen LogP contribution is -2.30. The molecule has 1 aliphatic rings. The number of rotatable bonds is 5. The van der Waals surface area contributed by atoms with E-state index in [9.17, 15) is 9.59 Å². The summed E-state index contributed by atoms with van der Waals surface area (Å²) < 4.78 is 0.796. The topological polar surface area (TPSA) is 49.4 Å². The first kappa shape index (κ1) is 18.0. The van der Waals surface area contributed by atoms with Crippen molar-refractivity contribution in [2.75, 3.05) is 18.0 Å². The first-order chi connectivity index (χ1) is 12.1. The molecule has 3 rings (SSSR count). The summed E-state index contributed by atoms with van der Waals surface area (Å²) in [7, 11) is 0. The highest BCUT2D eigenvalue weighted by Gasteiger charge is 2.23. The molecule has 0 fully saturated rings. The Morgan fingerprint density at radius 1 is 1.20 bits per heavy atom. The van der Waals surface area contributed by atoms with Crippen LogP contribution in [0.3, 0.4) is 0 Å². The Morgan fingerprint density at radius 2 is 2.00 bits per heavy atom.